The Balaban J connectivity index is 1.81. The van der Waals surface area contributed by atoms with Gasteiger partial charge in [0.25, 0.3) is 5.91 Å². The summed E-state index contributed by atoms with van der Waals surface area (Å²) in [6, 6.07) is 0. The van der Waals surface area contributed by atoms with Crippen LogP contribution in [0.5, 0.6) is 5.88 Å². The van der Waals surface area contributed by atoms with Crippen LogP contribution in [0.25, 0.3) is 10.7 Å². The first-order chi connectivity index (χ1) is 10.3. The lowest BCUT2D eigenvalue weighted by Crippen LogP contribution is -2.26. The van der Waals surface area contributed by atoms with Gasteiger partial charge < -0.3 is 9.64 Å². The number of likely N-dealkylation sites (tertiary alicyclic amines) is 1. The summed E-state index contributed by atoms with van der Waals surface area (Å²) in [4.78, 5) is 27.5. The number of hydrogen-bond acceptors (Lipinski definition) is 6. The number of carbonyl (C=O) groups excluding carboxylic acids is 1. The first kappa shape index (κ1) is 13.9. The number of thiazole rings is 1. The molecule has 0 atom stereocenters. The Kier molecular flexibility index (Phi) is 4.10. The zero-order valence-corrected chi connectivity index (χ0v) is 12.6. The average molecular weight is 304 g/mol. The third-order valence-electron chi connectivity index (χ3n) is 3.23. The van der Waals surface area contributed by atoms with Gasteiger partial charge in [0, 0.05) is 13.1 Å². The molecule has 0 saturated carbocycles. The summed E-state index contributed by atoms with van der Waals surface area (Å²) in [6.07, 6.45) is 6.98. The summed E-state index contributed by atoms with van der Waals surface area (Å²) >= 11 is 1.35. The number of aromatic nitrogens is 3. The molecule has 0 spiro atoms. The molecule has 110 valence electrons. The van der Waals surface area contributed by atoms with E-state index < -0.39 is 0 Å². The molecule has 1 amide bonds. The summed E-state index contributed by atoms with van der Waals surface area (Å²) in [5.74, 6) is 0.530. The summed E-state index contributed by atoms with van der Waals surface area (Å²) in [5, 5.41) is 0.687. The van der Waals surface area contributed by atoms with Crippen LogP contribution in [0.1, 0.15) is 29.4 Å². The largest absolute Gasteiger partial charge is 0.477 e. The monoisotopic (exact) mass is 304 g/mol. The van der Waals surface area contributed by atoms with Gasteiger partial charge in [0.15, 0.2) is 0 Å². The van der Waals surface area contributed by atoms with Crippen molar-refractivity contribution in [2.45, 2.75) is 19.8 Å². The Morgan fingerprint density at radius 1 is 1.33 bits per heavy atom. The van der Waals surface area contributed by atoms with Gasteiger partial charge in [0.1, 0.15) is 15.6 Å². The first-order valence-corrected chi connectivity index (χ1v) is 7.80. The Hall–Kier alpha value is -2.02. The molecule has 2 aromatic heterocycles. The van der Waals surface area contributed by atoms with E-state index in [-0.39, 0.29) is 5.91 Å². The molecule has 1 saturated heterocycles. The van der Waals surface area contributed by atoms with Gasteiger partial charge in [0.2, 0.25) is 5.88 Å². The van der Waals surface area contributed by atoms with E-state index in [9.17, 15) is 4.79 Å². The van der Waals surface area contributed by atoms with Crippen LogP contribution in [-0.4, -0.2) is 45.5 Å². The Morgan fingerprint density at radius 3 is 2.90 bits per heavy atom. The highest BCUT2D eigenvalue weighted by atomic mass is 32.1. The summed E-state index contributed by atoms with van der Waals surface area (Å²) in [5.41, 5.74) is 0.631. The molecule has 1 aliphatic heterocycles. The Morgan fingerprint density at radius 2 is 2.14 bits per heavy atom. The fraction of sp³-hybridized carbons (Fsp3) is 0.429. The molecule has 0 aliphatic carbocycles. The van der Waals surface area contributed by atoms with E-state index in [1.54, 1.807) is 18.6 Å². The number of amides is 1. The second kappa shape index (κ2) is 6.17. The lowest BCUT2D eigenvalue weighted by atomic mass is 10.4. The number of hydrogen-bond donors (Lipinski definition) is 0. The third kappa shape index (κ3) is 3.02. The standard InChI is InChI=1S/C14H16N4O2S/c1-2-20-12-9-15-7-10(17-12)13-16-8-11(21-13)14(19)18-5-3-4-6-18/h7-9H,2-6H2,1H3. The summed E-state index contributed by atoms with van der Waals surface area (Å²) in [7, 11) is 0. The second-order valence-corrected chi connectivity index (χ2v) is 5.74. The van der Waals surface area contributed by atoms with Gasteiger partial charge in [-0.3, -0.25) is 9.78 Å². The van der Waals surface area contributed by atoms with E-state index in [1.165, 1.54) is 11.3 Å². The fourth-order valence-corrected chi connectivity index (χ4v) is 3.07. The average Bonchev–Trinajstić information content (AvgIpc) is 3.19. The van der Waals surface area contributed by atoms with Crippen molar-refractivity contribution in [3.8, 4) is 16.6 Å². The van der Waals surface area contributed by atoms with Gasteiger partial charge in [-0.15, -0.1) is 11.3 Å². The molecule has 1 aliphatic rings. The molecule has 0 radical (unpaired) electrons. The smallest absolute Gasteiger partial charge is 0.265 e. The van der Waals surface area contributed by atoms with Crippen molar-refractivity contribution in [2.24, 2.45) is 0 Å². The molecule has 3 rings (SSSR count). The zero-order valence-electron chi connectivity index (χ0n) is 11.8. The number of carbonyl (C=O) groups is 1. The van der Waals surface area contributed by atoms with Crippen molar-refractivity contribution in [2.75, 3.05) is 19.7 Å². The van der Waals surface area contributed by atoms with Crippen LogP contribution in [0.3, 0.4) is 0 Å². The first-order valence-electron chi connectivity index (χ1n) is 6.98. The Bertz CT molecular complexity index is 637. The van der Waals surface area contributed by atoms with Crippen LogP contribution in [0.15, 0.2) is 18.6 Å². The highest BCUT2D eigenvalue weighted by molar-refractivity contribution is 7.16. The number of nitrogens with zero attached hydrogens (tertiary/aromatic N) is 4. The van der Waals surface area contributed by atoms with E-state index in [2.05, 4.69) is 15.0 Å². The van der Waals surface area contributed by atoms with Crippen molar-refractivity contribution < 1.29 is 9.53 Å². The molecule has 7 heteroatoms. The van der Waals surface area contributed by atoms with Crippen LogP contribution >= 0.6 is 11.3 Å². The molecule has 0 unspecified atom stereocenters. The molecule has 1 fully saturated rings. The van der Waals surface area contributed by atoms with Crippen LogP contribution in [0.2, 0.25) is 0 Å². The molecular weight excluding hydrogens is 288 g/mol. The number of rotatable bonds is 4. The highest BCUT2D eigenvalue weighted by Crippen LogP contribution is 2.26. The third-order valence-corrected chi connectivity index (χ3v) is 4.24. The fourth-order valence-electron chi connectivity index (χ4n) is 2.24. The molecule has 2 aromatic rings. The minimum atomic E-state index is 0.0603. The maximum absolute atomic E-state index is 12.3. The van der Waals surface area contributed by atoms with Crippen LogP contribution in [0, 0.1) is 0 Å². The second-order valence-electron chi connectivity index (χ2n) is 4.70. The SMILES string of the molecule is CCOc1cncc(-c2ncc(C(=O)N3CCCC3)s2)n1. The molecule has 0 N–H and O–H groups in total. The molecule has 21 heavy (non-hydrogen) atoms. The van der Waals surface area contributed by atoms with Gasteiger partial charge in [0.05, 0.1) is 25.2 Å². The molecule has 0 bridgehead atoms. The zero-order chi connectivity index (χ0) is 14.7. The molecule has 6 nitrogen and oxygen atoms in total. The summed E-state index contributed by atoms with van der Waals surface area (Å²) in [6.45, 7) is 4.11. The number of ether oxygens (including phenoxy) is 1. The lowest BCUT2D eigenvalue weighted by Gasteiger charge is -2.12. The molecule has 3 heterocycles. The Labute approximate surface area is 126 Å². The predicted octanol–water partition coefficient (Wildman–Crippen LogP) is 2.23. The van der Waals surface area contributed by atoms with Gasteiger partial charge in [-0.05, 0) is 19.8 Å². The quantitative estimate of drug-likeness (QED) is 0.866. The van der Waals surface area contributed by atoms with Crippen LogP contribution < -0.4 is 4.74 Å². The van der Waals surface area contributed by atoms with Crippen molar-refractivity contribution in [3.63, 3.8) is 0 Å². The van der Waals surface area contributed by atoms with E-state index in [4.69, 9.17) is 4.74 Å². The van der Waals surface area contributed by atoms with Gasteiger partial charge in [-0.2, -0.15) is 0 Å². The van der Waals surface area contributed by atoms with E-state index in [1.807, 2.05) is 11.8 Å². The minimum Gasteiger partial charge on any atom is -0.477 e. The van der Waals surface area contributed by atoms with Crippen LogP contribution in [-0.2, 0) is 0 Å². The predicted molar refractivity (Wildman–Crippen MR) is 79.4 cm³/mol. The van der Waals surface area contributed by atoms with E-state index in [0.717, 1.165) is 25.9 Å². The maximum Gasteiger partial charge on any atom is 0.265 e. The van der Waals surface area contributed by atoms with Crippen molar-refractivity contribution in [1.82, 2.24) is 19.9 Å². The van der Waals surface area contributed by atoms with E-state index in [0.29, 0.717) is 28.1 Å². The minimum absolute atomic E-state index is 0.0603. The topological polar surface area (TPSA) is 68.2 Å². The van der Waals surface area contributed by atoms with Gasteiger partial charge >= 0.3 is 0 Å². The highest BCUT2D eigenvalue weighted by Gasteiger charge is 2.22. The maximum atomic E-state index is 12.3. The van der Waals surface area contributed by atoms with Crippen molar-refractivity contribution >= 4 is 17.2 Å². The van der Waals surface area contributed by atoms with E-state index >= 15 is 0 Å². The molecular formula is C14H16N4O2S. The normalized spacial score (nSPS) is 14.4. The van der Waals surface area contributed by atoms with Crippen LogP contribution in [0.4, 0.5) is 0 Å². The van der Waals surface area contributed by atoms with Gasteiger partial charge in [-0.1, -0.05) is 0 Å². The van der Waals surface area contributed by atoms with Gasteiger partial charge in [-0.25, -0.2) is 9.97 Å². The van der Waals surface area contributed by atoms with Crippen molar-refractivity contribution in [3.05, 3.63) is 23.5 Å². The molecule has 0 aromatic carbocycles. The summed E-state index contributed by atoms with van der Waals surface area (Å²) < 4.78 is 5.33. The van der Waals surface area contributed by atoms with Crippen molar-refractivity contribution in [1.29, 1.82) is 0 Å². The lowest BCUT2D eigenvalue weighted by molar-refractivity contribution is 0.0797.